The van der Waals surface area contributed by atoms with E-state index < -0.39 is 0 Å². The van der Waals surface area contributed by atoms with Gasteiger partial charge in [-0.3, -0.25) is 9.59 Å². The third-order valence-corrected chi connectivity index (χ3v) is 6.44. The van der Waals surface area contributed by atoms with Crippen LogP contribution in [0.4, 0.5) is 5.82 Å². The van der Waals surface area contributed by atoms with Gasteiger partial charge in [0.05, 0.1) is 18.1 Å². The van der Waals surface area contributed by atoms with E-state index in [0.717, 1.165) is 37.3 Å². The summed E-state index contributed by atoms with van der Waals surface area (Å²) in [6.07, 6.45) is 3.76. The van der Waals surface area contributed by atoms with Gasteiger partial charge in [-0.15, -0.1) is 0 Å². The number of aromatic nitrogens is 1. The van der Waals surface area contributed by atoms with Crippen LogP contribution in [-0.4, -0.2) is 60.1 Å². The van der Waals surface area contributed by atoms with Crippen molar-refractivity contribution in [3.8, 4) is 0 Å². The number of ether oxygens (including phenoxy) is 1. The summed E-state index contributed by atoms with van der Waals surface area (Å²) in [5.74, 6) is 0.633. The first-order chi connectivity index (χ1) is 15.9. The summed E-state index contributed by atoms with van der Waals surface area (Å²) in [5.41, 5.74) is 1.54. The molecule has 2 aliphatic rings. The number of rotatable bonds is 5. The van der Waals surface area contributed by atoms with E-state index in [4.69, 9.17) is 16.3 Å². The average molecular weight is 471 g/mol. The lowest BCUT2D eigenvalue weighted by molar-refractivity contribution is -0.126. The Bertz CT molecular complexity index is 957. The summed E-state index contributed by atoms with van der Waals surface area (Å²) >= 11 is 5.92. The molecule has 33 heavy (non-hydrogen) atoms. The maximum Gasteiger partial charge on any atom is 0.253 e. The number of hydrogen-bond acceptors (Lipinski definition) is 5. The van der Waals surface area contributed by atoms with E-state index in [1.54, 1.807) is 29.2 Å². The first kappa shape index (κ1) is 23.5. The fraction of sp³-hybridized carbons (Fsp3) is 0.480. The highest BCUT2D eigenvalue weighted by atomic mass is 35.5. The minimum atomic E-state index is -0.210. The maximum atomic E-state index is 12.8. The van der Waals surface area contributed by atoms with Crippen LogP contribution in [-0.2, 0) is 16.1 Å². The molecule has 3 heterocycles. The quantitative estimate of drug-likeness (QED) is 0.723. The molecule has 0 spiro atoms. The lowest BCUT2D eigenvalue weighted by atomic mass is 9.96. The van der Waals surface area contributed by atoms with Gasteiger partial charge < -0.3 is 19.9 Å². The number of pyridine rings is 1. The SMILES string of the molecule is CC1CN(c2ccc(CNC(=O)C3CCCN(C(=O)c4ccc(Cl)cc4)C3)cn2)CC(C)O1. The minimum absolute atomic E-state index is 0.0245. The van der Waals surface area contributed by atoms with E-state index >= 15 is 0 Å². The van der Waals surface area contributed by atoms with Crippen molar-refractivity contribution in [1.29, 1.82) is 0 Å². The van der Waals surface area contributed by atoms with Gasteiger partial charge >= 0.3 is 0 Å². The van der Waals surface area contributed by atoms with E-state index in [-0.39, 0.29) is 29.9 Å². The van der Waals surface area contributed by atoms with Crippen LogP contribution < -0.4 is 10.2 Å². The molecule has 0 radical (unpaired) electrons. The number of carbonyl (C=O) groups excluding carboxylic acids is 2. The highest BCUT2D eigenvalue weighted by Crippen LogP contribution is 2.21. The first-order valence-corrected chi connectivity index (χ1v) is 11.9. The Labute approximate surface area is 200 Å². The summed E-state index contributed by atoms with van der Waals surface area (Å²) in [7, 11) is 0. The molecule has 8 heteroatoms. The summed E-state index contributed by atoms with van der Waals surface area (Å²) in [5, 5.41) is 3.62. The molecule has 2 aromatic rings. The fourth-order valence-electron chi connectivity index (χ4n) is 4.56. The molecule has 2 aliphatic heterocycles. The van der Waals surface area contributed by atoms with E-state index in [9.17, 15) is 9.59 Å². The summed E-state index contributed by atoms with van der Waals surface area (Å²) in [6, 6.07) is 10.9. The Morgan fingerprint density at radius 2 is 1.82 bits per heavy atom. The van der Waals surface area contributed by atoms with Gasteiger partial charge in [0, 0.05) is 49.5 Å². The van der Waals surface area contributed by atoms with Crippen molar-refractivity contribution in [3.63, 3.8) is 0 Å². The second-order valence-corrected chi connectivity index (χ2v) is 9.44. The van der Waals surface area contributed by atoms with Crippen LogP contribution in [0, 0.1) is 5.92 Å². The molecule has 1 N–H and O–H groups in total. The lowest BCUT2D eigenvalue weighted by Crippen LogP contribution is -2.46. The van der Waals surface area contributed by atoms with Crippen molar-refractivity contribution in [2.45, 2.75) is 45.4 Å². The van der Waals surface area contributed by atoms with Crippen LogP contribution in [0.2, 0.25) is 5.02 Å². The molecule has 176 valence electrons. The number of nitrogens with zero attached hydrogens (tertiary/aromatic N) is 3. The molecular weight excluding hydrogens is 440 g/mol. The van der Waals surface area contributed by atoms with Gasteiger partial charge in [-0.25, -0.2) is 4.98 Å². The molecule has 0 aliphatic carbocycles. The predicted molar refractivity (Wildman–Crippen MR) is 128 cm³/mol. The third-order valence-electron chi connectivity index (χ3n) is 6.19. The number of piperidine rings is 1. The smallest absolute Gasteiger partial charge is 0.253 e. The molecule has 2 saturated heterocycles. The second-order valence-electron chi connectivity index (χ2n) is 9.00. The van der Waals surface area contributed by atoms with E-state index in [1.165, 1.54) is 0 Å². The zero-order valence-electron chi connectivity index (χ0n) is 19.2. The Morgan fingerprint density at radius 1 is 1.09 bits per heavy atom. The molecular formula is C25H31ClN4O3. The van der Waals surface area contributed by atoms with Crippen LogP contribution in [0.1, 0.15) is 42.6 Å². The van der Waals surface area contributed by atoms with Crippen molar-refractivity contribution in [2.24, 2.45) is 5.92 Å². The van der Waals surface area contributed by atoms with Gasteiger partial charge in [-0.1, -0.05) is 17.7 Å². The molecule has 3 atom stereocenters. The number of anilines is 1. The molecule has 1 aromatic heterocycles. The Hall–Kier alpha value is -2.64. The zero-order chi connectivity index (χ0) is 23.4. The van der Waals surface area contributed by atoms with Crippen LogP contribution in [0.25, 0.3) is 0 Å². The molecule has 2 fully saturated rings. The predicted octanol–water partition coefficient (Wildman–Crippen LogP) is 3.52. The number of morpholine rings is 1. The zero-order valence-corrected chi connectivity index (χ0v) is 19.9. The minimum Gasteiger partial charge on any atom is -0.372 e. The average Bonchev–Trinajstić information content (AvgIpc) is 2.82. The number of halogens is 1. The van der Waals surface area contributed by atoms with E-state index in [1.807, 2.05) is 18.3 Å². The fourth-order valence-corrected chi connectivity index (χ4v) is 4.68. The van der Waals surface area contributed by atoms with E-state index in [0.29, 0.717) is 30.2 Å². The number of benzene rings is 1. The first-order valence-electron chi connectivity index (χ1n) is 11.6. The number of likely N-dealkylation sites (tertiary alicyclic amines) is 1. The summed E-state index contributed by atoms with van der Waals surface area (Å²) in [4.78, 5) is 34.2. The largest absolute Gasteiger partial charge is 0.372 e. The molecule has 4 rings (SSSR count). The standard InChI is InChI=1S/C25H31ClN4O3/c1-17-14-30(15-18(2)33-17)23-10-5-19(12-27-23)13-28-24(31)21-4-3-11-29(16-21)25(32)20-6-8-22(26)9-7-20/h5-10,12,17-18,21H,3-4,11,13-16H2,1-2H3,(H,28,31). The molecule has 2 amide bonds. The number of hydrogen-bond donors (Lipinski definition) is 1. The topological polar surface area (TPSA) is 74.8 Å². The second kappa shape index (κ2) is 10.5. The van der Waals surface area contributed by atoms with Crippen molar-refractivity contribution in [3.05, 3.63) is 58.7 Å². The molecule has 7 nitrogen and oxygen atoms in total. The molecule has 1 aromatic carbocycles. The van der Waals surface area contributed by atoms with Crippen LogP contribution in [0.5, 0.6) is 0 Å². The molecule has 0 saturated carbocycles. The highest BCUT2D eigenvalue weighted by molar-refractivity contribution is 6.30. The lowest BCUT2D eigenvalue weighted by Gasteiger charge is -2.36. The van der Waals surface area contributed by atoms with Crippen molar-refractivity contribution < 1.29 is 14.3 Å². The van der Waals surface area contributed by atoms with Crippen molar-refractivity contribution >= 4 is 29.2 Å². The van der Waals surface area contributed by atoms with Gasteiger partial charge in [-0.2, -0.15) is 0 Å². The molecule has 0 bridgehead atoms. The Balaban J connectivity index is 1.29. The highest BCUT2D eigenvalue weighted by Gasteiger charge is 2.29. The number of amides is 2. The summed E-state index contributed by atoms with van der Waals surface area (Å²) in [6.45, 7) is 7.29. The van der Waals surface area contributed by atoms with Gasteiger partial charge in [0.15, 0.2) is 0 Å². The van der Waals surface area contributed by atoms with Crippen LogP contribution >= 0.6 is 11.6 Å². The van der Waals surface area contributed by atoms with Gasteiger partial charge in [0.2, 0.25) is 5.91 Å². The Morgan fingerprint density at radius 3 is 2.48 bits per heavy atom. The molecule has 3 unspecified atom stereocenters. The maximum absolute atomic E-state index is 12.8. The number of nitrogens with one attached hydrogen (secondary N) is 1. The third kappa shape index (κ3) is 6.03. The van der Waals surface area contributed by atoms with Crippen LogP contribution in [0.15, 0.2) is 42.6 Å². The van der Waals surface area contributed by atoms with Crippen LogP contribution in [0.3, 0.4) is 0 Å². The summed E-state index contributed by atoms with van der Waals surface area (Å²) < 4.78 is 5.79. The Kier molecular flexibility index (Phi) is 7.50. The van der Waals surface area contributed by atoms with Gasteiger partial charge in [-0.05, 0) is 62.6 Å². The van der Waals surface area contributed by atoms with E-state index in [2.05, 4.69) is 29.0 Å². The van der Waals surface area contributed by atoms with Crippen molar-refractivity contribution in [1.82, 2.24) is 15.2 Å². The van der Waals surface area contributed by atoms with Gasteiger partial charge in [0.1, 0.15) is 5.82 Å². The number of carbonyl (C=O) groups is 2. The monoisotopic (exact) mass is 470 g/mol. The normalized spacial score (nSPS) is 23.3. The van der Waals surface area contributed by atoms with Gasteiger partial charge in [0.25, 0.3) is 5.91 Å². The van der Waals surface area contributed by atoms with Crippen molar-refractivity contribution in [2.75, 3.05) is 31.1 Å².